The summed E-state index contributed by atoms with van der Waals surface area (Å²) in [5.74, 6) is -0.363. The van der Waals surface area contributed by atoms with E-state index in [1.54, 1.807) is 18.2 Å². The first-order valence-corrected chi connectivity index (χ1v) is 14.0. The molecule has 0 fully saturated rings. The number of fused-ring (bicyclic) bond motifs is 1. The van der Waals surface area contributed by atoms with Crippen LogP contribution in [0.5, 0.6) is 5.75 Å². The first-order valence-electron chi connectivity index (χ1n) is 13.1. The summed E-state index contributed by atoms with van der Waals surface area (Å²) in [6, 6.07) is 4.37. The molecule has 0 spiro atoms. The number of aliphatic imine (C=N–C) groups is 1. The zero-order valence-corrected chi connectivity index (χ0v) is 23.1. The number of amidine groups is 1. The van der Waals surface area contributed by atoms with Crippen molar-refractivity contribution < 1.29 is 28.6 Å². The van der Waals surface area contributed by atoms with Crippen LogP contribution in [0.2, 0.25) is 0 Å². The molecule has 0 aromatic heterocycles. The predicted molar refractivity (Wildman–Crippen MR) is 151 cm³/mol. The highest BCUT2D eigenvalue weighted by Gasteiger charge is 2.31. The van der Waals surface area contributed by atoms with E-state index in [-0.39, 0.29) is 44.1 Å². The molecule has 5 N–H and O–H groups in total. The monoisotopic (exact) mass is 562 g/mol. The van der Waals surface area contributed by atoms with Gasteiger partial charge in [-0.2, -0.15) is 0 Å². The minimum Gasteiger partial charge on any atom is -0.496 e. The van der Waals surface area contributed by atoms with Gasteiger partial charge >= 0.3 is 0 Å². The van der Waals surface area contributed by atoms with Gasteiger partial charge in [0.2, 0.25) is 5.91 Å². The molecule has 1 atom stereocenters. The smallest absolute Gasteiger partial charge is 0.255 e. The van der Waals surface area contributed by atoms with Crippen molar-refractivity contribution >= 4 is 40.3 Å². The SMILES string of the molecule is COc1ccc(NC(=O)C2CN3C=CSC3=N2)cc1C(=O)NCCOCCOCC(=O)NCCCCCCN. The van der Waals surface area contributed by atoms with Crippen molar-refractivity contribution in [3.05, 3.63) is 35.4 Å². The maximum Gasteiger partial charge on any atom is 0.255 e. The van der Waals surface area contributed by atoms with Crippen LogP contribution in [0.25, 0.3) is 0 Å². The molecule has 0 aliphatic carbocycles. The van der Waals surface area contributed by atoms with Crippen LogP contribution in [0, 0.1) is 0 Å². The highest BCUT2D eigenvalue weighted by atomic mass is 32.2. The van der Waals surface area contributed by atoms with E-state index in [1.807, 2.05) is 16.5 Å². The number of benzene rings is 1. The van der Waals surface area contributed by atoms with Gasteiger partial charge in [0.1, 0.15) is 18.4 Å². The number of nitrogens with zero attached hydrogens (tertiary/aromatic N) is 2. The maximum absolute atomic E-state index is 12.7. The molecule has 2 aliphatic heterocycles. The molecule has 2 aliphatic rings. The molecular weight excluding hydrogens is 524 g/mol. The van der Waals surface area contributed by atoms with Gasteiger partial charge in [-0.3, -0.25) is 14.4 Å². The zero-order chi connectivity index (χ0) is 27.9. The highest BCUT2D eigenvalue weighted by Crippen LogP contribution is 2.27. The number of unbranched alkanes of at least 4 members (excludes halogenated alkanes) is 3. The van der Waals surface area contributed by atoms with Crippen molar-refractivity contribution in [1.29, 1.82) is 0 Å². The quantitative estimate of drug-likeness (QED) is 0.194. The van der Waals surface area contributed by atoms with Gasteiger partial charge < -0.3 is 40.8 Å². The van der Waals surface area contributed by atoms with Gasteiger partial charge in [-0.15, -0.1) is 0 Å². The van der Waals surface area contributed by atoms with Gasteiger partial charge in [0.05, 0.1) is 39.0 Å². The molecule has 1 aromatic carbocycles. The second kappa shape index (κ2) is 16.7. The van der Waals surface area contributed by atoms with Crippen LogP contribution in [-0.2, 0) is 19.1 Å². The van der Waals surface area contributed by atoms with Crippen LogP contribution in [0.15, 0.2) is 34.8 Å². The second-order valence-electron chi connectivity index (χ2n) is 8.86. The van der Waals surface area contributed by atoms with Crippen molar-refractivity contribution in [2.45, 2.75) is 31.7 Å². The predicted octanol–water partition coefficient (Wildman–Crippen LogP) is 1.29. The number of methoxy groups -OCH3 is 1. The van der Waals surface area contributed by atoms with Crippen LogP contribution in [-0.4, -0.2) is 93.5 Å². The van der Waals surface area contributed by atoms with E-state index >= 15 is 0 Å². The Hall–Kier alpha value is -3.13. The summed E-state index contributed by atoms with van der Waals surface area (Å²) in [6.07, 6.45) is 5.96. The second-order valence-corrected chi connectivity index (χ2v) is 9.73. The van der Waals surface area contributed by atoms with Gasteiger partial charge in [0.15, 0.2) is 5.17 Å². The van der Waals surface area contributed by atoms with Crippen molar-refractivity contribution in [2.75, 3.05) is 65.0 Å². The van der Waals surface area contributed by atoms with Crippen LogP contribution in [0.4, 0.5) is 5.69 Å². The number of amides is 3. The average molecular weight is 563 g/mol. The molecule has 1 unspecified atom stereocenters. The third-order valence-corrected chi connectivity index (χ3v) is 6.71. The van der Waals surface area contributed by atoms with Gasteiger partial charge in [-0.1, -0.05) is 24.6 Å². The zero-order valence-electron chi connectivity index (χ0n) is 22.3. The molecule has 0 saturated carbocycles. The Labute approximate surface area is 233 Å². The summed E-state index contributed by atoms with van der Waals surface area (Å²) in [6.45, 7) is 2.91. The first kappa shape index (κ1) is 30.4. The van der Waals surface area contributed by atoms with Crippen LogP contribution in [0.1, 0.15) is 36.0 Å². The molecule has 0 radical (unpaired) electrons. The standard InChI is InChI=1S/C26H38N6O6S/c1-36-22-7-6-19(30-25(35)21-17-32-11-15-39-26(32)31-21)16-20(22)24(34)29-10-12-37-13-14-38-18-23(33)28-9-5-3-2-4-8-27/h6-7,11,15-16,21H,2-5,8-10,12-14,17-18,27H2,1H3,(H,28,33)(H,29,34)(H,30,35). The minimum atomic E-state index is -0.510. The topological polar surface area (TPSA) is 157 Å². The molecular formula is C26H38N6O6S. The number of thioether (sulfide) groups is 1. The summed E-state index contributed by atoms with van der Waals surface area (Å²) in [5.41, 5.74) is 6.22. The molecule has 3 amide bonds. The Morgan fingerprint density at radius 3 is 2.69 bits per heavy atom. The van der Waals surface area contributed by atoms with Crippen molar-refractivity contribution in [3.8, 4) is 5.75 Å². The Bertz CT molecular complexity index is 1040. The average Bonchev–Trinajstić information content (AvgIpc) is 3.55. The van der Waals surface area contributed by atoms with Crippen molar-refractivity contribution in [2.24, 2.45) is 10.7 Å². The fourth-order valence-corrected chi connectivity index (χ4v) is 4.64. The van der Waals surface area contributed by atoms with Gasteiger partial charge in [-0.25, -0.2) is 4.99 Å². The Morgan fingerprint density at radius 2 is 1.90 bits per heavy atom. The van der Waals surface area contributed by atoms with E-state index in [0.29, 0.717) is 43.2 Å². The number of rotatable bonds is 18. The molecule has 12 nitrogen and oxygen atoms in total. The summed E-state index contributed by atoms with van der Waals surface area (Å²) >= 11 is 1.48. The lowest BCUT2D eigenvalue weighted by atomic mass is 10.1. The fraction of sp³-hybridized carbons (Fsp3) is 0.538. The fourth-order valence-electron chi connectivity index (χ4n) is 3.85. The number of hydrogen-bond acceptors (Lipinski definition) is 10. The number of ether oxygens (including phenoxy) is 3. The van der Waals surface area contributed by atoms with Gasteiger partial charge in [0, 0.05) is 25.0 Å². The molecule has 2 heterocycles. The lowest BCUT2D eigenvalue weighted by molar-refractivity contribution is -0.126. The molecule has 0 saturated heterocycles. The van der Waals surface area contributed by atoms with Gasteiger partial charge in [-0.05, 0) is 43.0 Å². The van der Waals surface area contributed by atoms with Crippen LogP contribution < -0.4 is 26.4 Å². The summed E-state index contributed by atoms with van der Waals surface area (Å²) in [7, 11) is 1.48. The van der Waals surface area contributed by atoms with Crippen LogP contribution in [0.3, 0.4) is 0 Å². The number of carbonyl (C=O) groups excluding carboxylic acids is 3. The molecule has 214 valence electrons. The van der Waals surface area contributed by atoms with E-state index in [1.165, 1.54) is 18.9 Å². The minimum absolute atomic E-state index is 0.0158. The third-order valence-electron chi connectivity index (χ3n) is 5.90. The normalized spacial score (nSPS) is 15.6. The largest absolute Gasteiger partial charge is 0.496 e. The first-order chi connectivity index (χ1) is 19.0. The lowest BCUT2D eigenvalue weighted by Crippen LogP contribution is -2.31. The van der Waals surface area contributed by atoms with Crippen molar-refractivity contribution in [3.63, 3.8) is 0 Å². The third kappa shape index (κ3) is 10.2. The van der Waals surface area contributed by atoms with E-state index in [9.17, 15) is 14.4 Å². The van der Waals surface area contributed by atoms with E-state index in [4.69, 9.17) is 19.9 Å². The summed E-state index contributed by atoms with van der Waals surface area (Å²) in [5, 5.41) is 11.2. The number of carbonyl (C=O) groups is 3. The van der Waals surface area contributed by atoms with E-state index in [2.05, 4.69) is 20.9 Å². The number of hydrogen-bond donors (Lipinski definition) is 4. The highest BCUT2D eigenvalue weighted by molar-refractivity contribution is 8.16. The molecule has 39 heavy (non-hydrogen) atoms. The molecule has 0 bridgehead atoms. The lowest BCUT2D eigenvalue weighted by Gasteiger charge is -2.14. The summed E-state index contributed by atoms with van der Waals surface area (Å²) in [4.78, 5) is 43.5. The van der Waals surface area contributed by atoms with Gasteiger partial charge in [0.25, 0.3) is 11.8 Å². The Kier molecular flexibility index (Phi) is 13.1. The molecule has 3 rings (SSSR count). The number of nitrogens with two attached hydrogens (primary N) is 1. The van der Waals surface area contributed by atoms with E-state index in [0.717, 1.165) is 30.9 Å². The van der Waals surface area contributed by atoms with E-state index < -0.39 is 6.04 Å². The molecule has 13 heteroatoms. The maximum atomic E-state index is 12.7. The Morgan fingerprint density at radius 1 is 1.08 bits per heavy atom. The molecule has 1 aromatic rings. The van der Waals surface area contributed by atoms with Crippen molar-refractivity contribution in [1.82, 2.24) is 15.5 Å². The van der Waals surface area contributed by atoms with Crippen LogP contribution >= 0.6 is 11.8 Å². The summed E-state index contributed by atoms with van der Waals surface area (Å²) < 4.78 is 16.1. The number of anilines is 1. The Balaban J connectivity index is 1.29. The number of nitrogens with one attached hydrogen (secondary N) is 3.